The Balaban J connectivity index is 3.06. The van der Waals surface area contributed by atoms with Crippen molar-refractivity contribution in [2.45, 2.75) is 20.0 Å². The fourth-order valence-electron chi connectivity index (χ4n) is 1.58. The molecule has 0 fully saturated rings. The second-order valence-electron chi connectivity index (χ2n) is 3.98. The van der Waals surface area contributed by atoms with Gasteiger partial charge < -0.3 is 15.4 Å². The lowest BCUT2D eigenvalue weighted by Gasteiger charge is -2.23. The third-order valence-electron chi connectivity index (χ3n) is 2.49. The van der Waals surface area contributed by atoms with Crippen molar-refractivity contribution in [2.75, 3.05) is 30.3 Å². The number of carbonyl (C=O) groups is 1. The fraction of sp³-hybridized carbons (Fsp3) is 0.500. The Bertz CT molecular complexity index is 478. The van der Waals surface area contributed by atoms with E-state index in [1.165, 1.54) is 6.07 Å². The molecule has 0 saturated heterocycles. The molecule has 0 atom stereocenters. The van der Waals surface area contributed by atoms with Crippen molar-refractivity contribution in [3.63, 3.8) is 0 Å². The molecule has 0 unspecified atom stereocenters. The maximum Gasteiger partial charge on any atom is 0.405 e. The van der Waals surface area contributed by atoms with Gasteiger partial charge in [-0.05, 0) is 19.9 Å². The van der Waals surface area contributed by atoms with Gasteiger partial charge in [0.25, 0.3) is 0 Å². The number of anilines is 2. The molecule has 20 heavy (non-hydrogen) atoms. The van der Waals surface area contributed by atoms with Crippen LogP contribution < -0.4 is 10.6 Å². The summed E-state index contributed by atoms with van der Waals surface area (Å²) in [7, 11) is 0. The average Bonchev–Trinajstić information content (AvgIpc) is 2.36. The molecule has 0 aliphatic carbocycles. The quantitative estimate of drug-likeness (QED) is 0.842. The standard InChI is InChI=1S/C12H16F3N3O2/c1-3-18(7-12(13,14)15)10-5-8(9(16)6-17-10)11(19)20-4-2/h5-6H,3-4,7,16H2,1-2H3. The second kappa shape index (κ2) is 6.44. The Morgan fingerprint density at radius 1 is 1.45 bits per heavy atom. The summed E-state index contributed by atoms with van der Waals surface area (Å²) >= 11 is 0. The lowest BCUT2D eigenvalue weighted by molar-refractivity contribution is -0.119. The molecule has 112 valence electrons. The van der Waals surface area contributed by atoms with E-state index < -0.39 is 18.7 Å². The zero-order valence-corrected chi connectivity index (χ0v) is 11.2. The van der Waals surface area contributed by atoms with Crippen molar-refractivity contribution in [3.05, 3.63) is 17.8 Å². The maximum atomic E-state index is 12.5. The zero-order chi connectivity index (χ0) is 15.3. The monoisotopic (exact) mass is 291 g/mol. The molecule has 0 aliphatic heterocycles. The average molecular weight is 291 g/mol. The lowest BCUT2D eigenvalue weighted by Crippen LogP contribution is -2.34. The van der Waals surface area contributed by atoms with Gasteiger partial charge in [-0.2, -0.15) is 13.2 Å². The van der Waals surface area contributed by atoms with Gasteiger partial charge in [-0.25, -0.2) is 9.78 Å². The first kappa shape index (κ1) is 16.1. The summed E-state index contributed by atoms with van der Waals surface area (Å²) in [6.07, 6.45) is -3.20. The van der Waals surface area contributed by atoms with E-state index in [1.54, 1.807) is 13.8 Å². The molecule has 1 heterocycles. The normalized spacial score (nSPS) is 11.2. The number of alkyl halides is 3. The van der Waals surface area contributed by atoms with Gasteiger partial charge >= 0.3 is 12.1 Å². The van der Waals surface area contributed by atoms with Crippen molar-refractivity contribution < 1.29 is 22.7 Å². The van der Waals surface area contributed by atoms with Crippen LogP contribution in [0, 0.1) is 0 Å². The highest BCUT2D eigenvalue weighted by Gasteiger charge is 2.31. The van der Waals surface area contributed by atoms with Gasteiger partial charge in [0.1, 0.15) is 12.4 Å². The third kappa shape index (κ3) is 4.29. The van der Waals surface area contributed by atoms with Crippen LogP contribution >= 0.6 is 0 Å². The van der Waals surface area contributed by atoms with Crippen LogP contribution in [0.2, 0.25) is 0 Å². The Labute approximate surface area is 114 Å². The summed E-state index contributed by atoms with van der Waals surface area (Å²) in [6, 6.07) is 1.21. The number of carbonyl (C=O) groups excluding carboxylic acids is 1. The molecule has 1 aromatic heterocycles. The Morgan fingerprint density at radius 2 is 2.10 bits per heavy atom. The maximum absolute atomic E-state index is 12.5. The molecule has 5 nitrogen and oxygen atoms in total. The molecule has 0 radical (unpaired) electrons. The highest BCUT2D eigenvalue weighted by molar-refractivity contribution is 5.95. The number of nitrogen functional groups attached to an aromatic ring is 1. The van der Waals surface area contributed by atoms with Crippen molar-refractivity contribution in [2.24, 2.45) is 0 Å². The molecule has 0 aromatic carbocycles. The SMILES string of the molecule is CCOC(=O)c1cc(N(CC)CC(F)(F)F)ncc1N. The Hall–Kier alpha value is -1.99. The van der Waals surface area contributed by atoms with Crippen LogP contribution in [0.25, 0.3) is 0 Å². The molecule has 1 aromatic rings. The third-order valence-corrected chi connectivity index (χ3v) is 2.49. The number of nitrogens with two attached hydrogens (primary N) is 1. The molecule has 0 bridgehead atoms. The molecular formula is C12H16F3N3O2. The van der Waals surface area contributed by atoms with Crippen molar-refractivity contribution in [3.8, 4) is 0 Å². The van der Waals surface area contributed by atoms with Gasteiger partial charge in [-0.3, -0.25) is 0 Å². The van der Waals surface area contributed by atoms with Crippen LogP contribution in [-0.4, -0.2) is 36.8 Å². The molecule has 0 aliphatic rings. The van der Waals surface area contributed by atoms with E-state index in [0.717, 1.165) is 11.1 Å². The fourth-order valence-corrected chi connectivity index (χ4v) is 1.58. The predicted octanol–water partition coefficient (Wildman–Crippen LogP) is 2.23. The van der Waals surface area contributed by atoms with Gasteiger partial charge in [-0.1, -0.05) is 0 Å². The Kier molecular flexibility index (Phi) is 5.18. The highest BCUT2D eigenvalue weighted by atomic mass is 19.4. The summed E-state index contributed by atoms with van der Waals surface area (Å²) in [4.78, 5) is 16.5. The summed E-state index contributed by atoms with van der Waals surface area (Å²) in [5, 5.41) is 0. The first-order valence-corrected chi connectivity index (χ1v) is 6.02. The van der Waals surface area contributed by atoms with Crippen molar-refractivity contribution >= 4 is 17.5 Å². The van der Waals surface area contributed by atoms with Crippen LogP contribution in [0.1, 0.15) is 24.2 Å². The van der Waals surface area contributed by atoms with E-state index in [4.69, 9.17) is 10.5 Å². The van der Waals surface area contributed by atoms with E-state index >= 15 is 0 Å². The van der Waals surface area contributed by atoms with Crippen LogP contribution in [0.15, 0.2) is 12.3 Å². The summed E-state index contributed by atoms with van der Waals surface area (Å²) in [5.41, 5.74) is 5.66. The topological polar surface area (TPSA) is 68.5 Å². The van der Waals surface area contributed by atoms with Crippen molar-refractivity contribution in [1.29, 1.82) is 0 Å². The number of halogens is 3. The molecule has 0 spiro atoms. The Morgan fingerprint density at radius 3 is 2.60 bits per heavy atom. The molecule has 0 saturated carbocycles. The lowest BCUT2D eigenvalue weighted by atomic mass is 10.2. The van der Waals surface area contributed by atoms with Gasteiger partial charge in [0.2, 0.25) is 0 Å². The predicted molar refractivity (Wildman–Crippen MR) is 68.5 cm³/mol. The summed E-state index contributed by atoms with van der Waals surface area (Å²) < 4.78 is 42.1. The van der Waals surface area contributed by atoms with Crippen LogP contribution in [0.5, 0.6) is 0 Å². The number of aromatic nitrogens is 1. The van der Waals surface area contributed by atoms with E-state index in [2.05, 4.69) is 4.98 Å². The molecule has 0 amide bonds. The smallest absolute Gasteiger partial charge is 0.405 e. The van der Waals surface area contributed by atoms with Crippen molar-refractivity contribution in [1.82, 2.24) is 4.98 Å². The minimum Gasteiger partial charge on any atom is -0.462 e. The summed E-state index contributed by atoms with van der Waals surface area (Å²) in [5.74, 6) is -0.654. The number of nitrogens with zero attached hydrogens (tertiary/aromatic N) is 2. The van der Waals surface area contributed by atoms with Gasteiger partial charge in [0, 0.05) is 6.54 Å². The molecule has 8 heteroatoms. The van der Waals surface area contributed by atoms with E-state index in [0.29, 0.717) is 0 Å². The molecule has 2 N–H and O–H groups in total. The minimum atomic E-state index is -4.36. The first-order valence-electron chi connectivity index (χ1n) is 6.02. The number of ether oxygens (including phenoxy) is 1. The van der Waals surface area contributed by atoms with Gasteiger partial charge in [-0.15, -0.1) is 0 Å². The second-order valence-corrected chi connectivity index (χ2v) is 3.98. The van der Waals surface area contributed by atoms with Crippen LogP contribution in [0.3, 0.4) is 0 Å². The minimum absolute atomic E-state index is 0.0116. The van der Waals surface area contributed by atoms with Crippen LogP contribution in [0.4, 0.5) is 24.7 Å². The highest BCUT2D eigenvalue weighted by Crippen LogP contribution is 2.23. The molecular weight excluding hydrogens is 275 g/mol. The van der Waals surface area contributed by atoms with E-state index in [9.17, 15) is 18.0 Å². The molecule has 1 rings (SSSR count). The largest absolute Gasteiger partial charge is 0.462 e. The number of pyridine rings is 1. The van der Waals surface area contributed by atoms with Gasteiger partial charge in [0.05, 0.1) is 24.1 Å². The van der Waals surface area contributed by atoms with E-state index in [-0.39, 0.29) is 30.2 Å². The number of esters is 1. The summed E-state index contributed by atoms with van der Waals surface area (Å²) in [6.45, 7) is 2.28. The number of hydrogen-bond acceptors (Lipinski definition) is 5. The number of rotatable bonds is 5. The number of hydrogen-bond donors (Lipinski definition) is 1. The van der Waals surface area contributed by atoms with Gasteiger partial charge in [0.15, 0.2) is 0 Å². The zero-order valence-electron chi connectivity index (χ0n) is 11.2. The van der Waals surface area contributed by atoms with Crippen LogP contribution in [-0.2, 0) is 4.74 Å². The van der Waals surface area contributed by atoms with E-state index in [1.807, 2.05) is 0 Å². The first-order chi connectivity index (χ1) is 9.28.